The maximum Gasteiger partial charge on any atom is 0.0487 e. The van der Waals surface area contributed by atoms with E-state index in [9.17, 15) is 0 Å². The zero-order valence-corrected chi connectivity index (χ0v) is 13.7. The van der Waals surface area contributed by atoms with E-state index < -0.39 is 0 Å². The van der Waals surface area contributed by atoms with Crippen molar-refractivity contribution in [3.05, 3.63) is 70.3 Å². The van der Waals surface area contributed by atoms with E-state index in [4.69, 9.17) is 0 Å². The van der Waals surface area contributed by atoms with Crippen molar-refractivity contribution in [3.8, 4) is 0 Å². The Morgan fingerprint density at radius 1 is 1.10 bits per heavy atom. The number of fused-ring (bicyclic) bond motifs is 1. The van der Waals surface area contributed by atoms with E-state index in [0.717, 1.165) is 24.1 Å². The molecule has 0 spiro atoms. The lowest BCUT2D eigenvalue weighted by atomic mass is 10.1. The van der Waals surface area contributed by atoms with Crippen molar-refractivity contribution >= 4 is 26.8 Å². The third kappa shape index (κ3) is 3.20. The number of rotatable bonds is 5. The number of nitrogens with zero attached hydrogens (tertiary/aromatic N) is 1. The van der Waals surface area contributed by atoms with Crippen LogP contribution >= 0.6 is 15.9 Å². The summed E-state index contributed by atoms with van der Waals surface area (Å²) in [5.41, 5.74) is 3.92. The molecule has 0 bridgehead atoms. The van der Waals surface area contributed by atoms with Crippen molar-refractivity contribution in [1.29, 1.82) is 0 Å². The van der Waals surface area contributed by atoms with Gasteiger partial charge in [0, 0.05) is 29.3 Å². The number of aromatic nitrogens is 1. The molecule has 2 aromatic carbocycles. The normalized spacial score (nSPS) is 11.1. The van der Waals surface area contributed by atoms with Gasteiger partial charge in [0.1, 0.15) is 0 Å². The van der Waals surface area contributed by atoms with Crippen molar-refractivity contribution in [1.82, 2.24) is 9.88 Å². The lowest BCUT2D eigenvalue weighted by Gasteiger charge is -2.08. The van der Waals surface area contributed by atoms with Gasteiger partial charge in [0.25, 0.3) is 0 Å². The number of benzene rings is 2. The minimum Gasteiger partial charge on any atom is -0.343 e. The summed E-state index contributed by atoms with van der Waals surface area (Å²) in [6.07, 6.45) is 2.17. The molecule has 0 saturated heterocycles. The van der Waals surface area contributed by atoms with Crippen LogP contribution in [0.15, 0.2) is 59.2 Å². The molecular formula is C18H19BrN2. The Kier molecular flexibility index (Phi) is 4.42. The highest BCUT2D eigenvalue weighted by atomic mass is 79.9. The van der Waals surface area contributed by atoms with Gasteiger partial charge in [-0.1, -0.05) is 47.1 Å². The first kappa shape index (κ1) is 14.4. The summed E-state index contributed by atoms with van der Waals surface area (Å²) < 4.78 is 3.46. The standard InChI is InChI=1S/C18H19BrN2/c1-2-20-12-14-7-8-18-15(11-14)9-10-21(18)13-16-5-3-4-6-17(16)19/h3-11,20H,2,12-13H2,1H3. The molecule has 0 unspecified atom stereocenters. The van der Waals surface area contributed by atoms with Crippen LogP contribution < -0.4 is 5.32 Å². The van der Waals surface area contributed by atoms with Crippen LogP contribution in [0.1, 0.15) is 18.1 Å². The molecule has 3 rings (SSSR count). The van der Waals surface area contributed by atoms with Gasteiger partial charge in [-0.25, -0.2) is 0 Å². The molecule has 2 nitrogen and oxygen atoms in total. The van der Waals surface area contributed by atoms with Crippen LogP contribution in [0.5, 0.6) is 0 Å². The van der Waals surface area contributed by atoms with Crippen LogP contribution in [0.3, 0.4) is 0 Å². The van der Waals surface area contributed by atoms with Crippen LogP contribution in [0.2, 0.25) is 0 Å². The highest BCUT2D eigenvalue weighted by molar-refractivity contribution is 9.10. The predicted octanol–water partition coefficient (Wildman–Crippen LogP) is 4.56. The Balaban J connectivity index is 1.88. The summed E-state index contributed by atoms with van der Waals surface area (Å²) in [6, 6.07) is 17.3. The van der Waals surface area contributed by atoms with Gasteiger partial charge >= 0.3 is 0 Å². The first-order chi connectivity index (χ1) is 10.3. The fourth-order valence-corrected chi connectivity index (χ4v) is 2.99. The Bertz CT molecular complexity index is 746. The zero-order valence-electron chi connectivity index (χ0n) is 12.1. The average molecular weight is 343 g/mol. The van der Waals surface area contributed by atoms with Gasteiger partial charge in [-0.2, -0.15) is 0 Å². The molecule has 1 heterocycles. The summed E-state index contributed by atoms with van der Waals surface area (Å²) in [6.45, 7) is 4.95. The van der Waals surface area contributed by atoms with E-state index >= 15 is 0 Å². The Morgan fingerprint density at radius 2 is 1.95 bits per heavy atom. The zero-order chi connectivity index (χ0) is 14.7. The van der Waals surface area contributed by atoms with E-state index in [1.165, 1.54) is 22.0 Å². The minimum absolute atomic E-state index is 0.886. The number of hydrogen-bond donors (Lipinski definition) is 1. The fraction of sp³-hybridized carbons (Fsp3) is 0.222. The summed E-state index contributed by atoms with van der Waals surface area (Å²) >= 11 is 3.62. The highest BCUT2D eigenvalue weighted by Crippen LogP contribution is 2.22. The lowest BCUT2D eigenvalue weighted by molar-refractivity contribution is 0.727. The van der Waals surface area contributed by atoms with Crippen molar-refractivity contribution in [2.24, 2.45) is 0 Å². The van der Waals surface area contributed by atoms with Crippen molar-refractivity contribution in [2.75, 3.05) is 6.54 Å². The molecule has 108 valence electrons. The second kappa shape index (κ2) is 6.46. The molecule has 3 heteroatoms. The maximum atomic E-state index is 3.62. The van der Waals surface area contributed by atoms with Crippen LogP contribution in [0.25, 0.3) is 10.9 Å². The fourth-order valence-electron chi connectivity index (χ4n) is 2.58. The first-order valence-electron chi connectivity index (χ1n) is 7.30. The van der Waals surface area contributed by atoms with E-state index in [0.29, 0.717) is 0 Å². The Hall–Kier alpha value is -1.58. The van der Waals surface area contributed by atoms with Gasteiger partial charge in [-0.15, -0.1) is 0 Å². The second-order valence-corrected chi connectivity index (χ2v) is 6.06. The van der Waals surface area contributed by atoms with Gasteiger partial charge in [0.15, 0.2) is 0 Å². The van der Waals surface area contributed by atoms with Gasteiger partial charge in [-0.3, -0.25) is 0 Å². The third-order valence-corrected chi connectivity index (χ3v) is 4.49. The van der Waals surface area contributed by atoms with Gasteiger partial charge < -0.3 is 9.88 Å². The molecule has 21 heavy (non-hydrogen) atoms. The number of halogens is 1. The molecule has 0 atom stereocenters. The second-order valence-electron chi connectivity index (χ2n) is 5.21. The molecule has 1 aromatic heterocycles. The van der Waals surface area contributed by atoms with E-state index in [2.05, 4.69) is 81.4 Å². The molecule has 1 N–H and O–H groups in total. The average Bonchev–Trinajstić information content (AvgIpc) is 2.90. The van der Waals surface area contributed by atoms with Gasteiger partial charge in [-0.05, 0) is 47.3 Å². The van der Waals surface area contributed by atoms with Crippen molar-refractivity contribution in [3.63, 3.8) is 0 Å². The number of hydrogen-bond acceptors (Lipinski definition) is 1. The van der Waals surface area contributed by atoms with Crippen LogP contribution in [0.4, 0.5) is 0 Å². The first-order valence-corrected chi connectivity index (χ1v) is 8.09. The van der Waals surface area contributed by atoms with Crippen molar-refractivity contribution < 1.29 is 0 Å². The molecule has 0 aliphatic heterocycles. The largest absolute Gasteiger partial charge is 0.343 e. The number of nitrogens with one attached hydrogen (secondary N) is 1. The minimum atomic E-state index is 0.886. The van der Waals surface area contributed by atoms with E-state index in [1.807, 2.05) is 6.07 Å². The van der Waals surface area contributed by atoms with Crippen molar-refractivity contribution in [2.45, 2.75) is 20.0 Å². The molecule has 0 aliphatic rings. The highest BCUT2D eigenvalue weighted by Gasteiger charge is 2.05. The summed E-state index contributed by atoms with van der Waals surface area (Å²) in [5.74, 6) is 0. The topological polar surface area (TPSA) is 17.0 Å². The molecule has 0 amide bonds. The molecule has 0 aliphatic carbocycles. The monoisotopic (exact) mass is 342 g/mol. The predicted molar refractivity (Wildman–Crippen MR) is 92.6 cm³/mol. The molecule has 0 saturated carbocycles. The van der Waals surface area contributed by atoms with Crippen LogP contribution in [-0.4, -0.2) is 11.1 Å². The summed E-state index contributed by atoms with van der Waals surface area (Å²) in [5, 5.41) is 4.67. The Morgan fingerprint density at radius 3 is 2.76 bits per heavy atom. The summed E-state index contributed by atoms with van der Waals surface area (Å²) in [4.78, 5) is 0. The smallest absolute Gasteiger partial charge is 0.0487 e. The molecule has 0 radical (unpaired) electrons. The van der Waals surface area contributed by atoms with Crippen LogP contribution in [0, 0.1) is 0 Å². The Labute approximate surface area is 133 Å². The van der Waals surface area contributed by atoms with Crippen LogP contribution in [-0.2, 0) is 13.1 Å². The molecular weight excluding hydrogens is 324 g/mol. The van der Waals surface area contributed by atoms with Gasteiger partial charge in [0.05, 0.1) is 0 Å². The quantitative estimate of drug-likeness (QED) is 0.719. The maximum absolute atomic E-state index is 3.62. The molecule has 3 aromatic rings. The van der Waals surface area contributed by atoms with Gasteiger partial charge in [0.2, 0.25) is 0 Å². The third-order valence-electron chi connectivity index (χ3n) is 3.71. The lowest BCUT2D eigenvalue weighted by Crippen LogP contribution is -2.11. The summed E-state index contributed by atoms with van der Waals surface area (Å²) in [7, 11) is 0. The molecule has 0 fully saturated rings. The SMILES string of the molecule is CCNCc1ccc2c(ccn2Cc2ccccc2Br)c1. The van der Waals surface area contributed by atoms with E-state index in [1.54, 1.807) is 0 Å². The van der Waals surface area contributed by atoms with E-state index in [-0.39, 0.29) is 0 Å².